The van der Waals surface area contributed by atoms with Crippen LogP contribution in [-0.4, -0.2) is 49.6 Å². The van der Waals surface area contributed by atoms with Crippen molar-refractivity contribution < 1.29 is 4.79 Å². The molecule has 2 aliphatic rings. The summed E-state index contributed by atoms with van der Waals surface area (Å²) in [4.78, 5) is 14.3. The van der Waals surface area contributed by atoms with Crippen LogP contribution in [0, 0.1) is 0 Å². The first-order valence-electron chi connectivity index (χ1n) is 8.57. The number of carbonyl (C=O) groups excluding carboxylic acids is 1. The van der Waals surface area contributed by atoms with E-state index in [1.165, 1.54) is 51.6 Å². The van der Waals surface area contributed by atoms with Gasteiger partial charge in [-0.3, -0.25) is 4.79 Å². The van der Waals surface area contributed by atoms with Crippen molar-refractivity contribution in [3.8, 4) is 0 Å². The fourth-order valence-electron chi connectivity index (χ4n) is 3.28. The number of hydrogen-bond acceptors (Lipinski definition) is 3. The highest BCUT2D eigenvalue weighted by molar-refractivity contribution is 5.75. The maximum atomic E-state index is 11.8. The number of nitrogens with one attached hydrogen (secondary N) is 2. The van der Waals surface area contributed by atoms with Gasteiger partial charge in [0.25, 0.3) is 0 Å². The van der Waals surface area contributed by atoms with Crippen molar-refractivity contribution in [1.29, 1.82) is 0 Å². The Labute approximate surface area is 123 Å². The summed E-state index contributed by atoms with van der Waals surface area (Å²) in [7, 11) is 0. The maximum Gasteiger partial charge on any atom is 0.220 e. The Morgan fingerprint density at radius 3 is 2.75 bits per heavy atom. The average Bonchev–Trinajstić information content (AvgIpc) is 2.52. The van der Waals surface area contributed by atoms with Crippen LogP contribution >= 0.6 is 0 Å². The van der Waals surface area contributed by atoms with Gasteiger partial charge in [0, 0.05) is 19.0 Å². The lowest BCUT2D eigenvalue weighted by atomic mass is 10.0. The van der Waals surface area contributed by atoms with E-state index in [4.69, 9.17) is 0 Å². The Hall–Kier alpha value is -0.610. The zero-order valence-electron chi connectivity index (χ0n) is 12.8. The third-order valence-electron chi connectivity index (χ3n) is 4.55. The van der Waals surface area contributed by atoms with E-state index in [2.05, 4.69) is 15.5 Å². The van der Waals surface area contributed by atoms with E-state index in [9.17, 15) is 4.79 Å². The van der Waals surface area contributed by atoms with Gasteiger partial charge >= 0.3 is 0 Å². The summed E-state index contributed by atoms with van der Waals surface area (Å²) >= 11 is 0. The number of rotatable bonds is 7. The quantitative estimate of drug-likeness (QED) is 0.701. The standard InChI is InChI=1S/C16H31N3O/c20-16(9-8-15-7-2-3-10-17-15)18-11-6-14-19-12-4-1-5-13-19/h15,17H,1-14H2,(H,18,20). The third-order valence-corrected chi connectivity index (χ3v) is 4.55. The Balaban J connectivity index is 1.45. The summed E-state index contributed by atoms with van der Waals surface area (Å²) in [5, 5.41) is 6.57. The van der Waals surface area contributed by atoms with Crippen molar-refractivity contribution in [3.05, 3.63) is 0 Å². The minimum absolute atomic E-state index is 0.232. The van der Waals surface area contributed by atoms with E-state index in [1.807, 2.05) is 0 Å². The SMILES string of the molecule is O=C(CCC1CCCCN1)NCCCN1CCCCC1. The molecular weight excluding hydrogens is 250 g/mol. The molecule has 2 rings (SSSR count). The van der Waals surface area contributed by atoms with Crippen molar-refractivity contribution in [2.45, 2.75) is 63.8 Å². The van der Waals surface area contributed by atoms with Crippen molar-refractivity contribution >= 4 is 5.91 Å². The molecule has 0 aromatic rings. The van der Waals surface area contributed by atoms with Crippen molar-refractivity contribution in [2.75, 3.05) is 32.7 Å². The lowest BCUT2D eigenvalue weighted by molar-refractivity contribution is -0.121. The lowest BCUT2D eigenvalue weighted by Gasteiger charge is -2.26. The van der Waals surface area contributed by atoms with Crippen LogP contribution in [0.2, 0.25) is 0 Å². The molecule has 2 fully saturated rings. The fraction of sp³-hybridized carbons (Fsp3) is 0.938. The zero-order valence-corrected chi connectivity index (χ0v) is 12.8. The number of piperidine rings is 2. The predicted octanol–water partition coefficient (Wildman–Crippen LogP) is 1.90. The van der Waals surface area contributed by atoms with E-state index in [0.717, 1.165) is 32.5 Å². The van der Waals surface area contributed by atoms with Gasteiger partial charge in [0.05, 0.1) is 0 Å². The molecular formula is C16H31N3O. The molecule has 0 aromatic carbocycles. The molecule has 1 atom stereocenters. The summed E-state index contributed by atoms with van der Waals surface area (Å²) in [5.74, 6) is 0.232. The molecule has 0 radical (unpaired) electrons. The second kappa shape index (κ2) is 9.35. The average molecular weight is 281 g/mol. The van der Waals surface area contributed by atoms with Crippen LogP contribution in [0.3, 0.4) is 0 Å². The Kier molecular flexibility index (Phi) is 7.37. The van der Waals surface area contributed by atoms with Gasteiger partial charge in [0.1, 0.15) is 0 Å². The molecule has 0 bridgehead atoms. The van der Waals surface area contributed by atoms with Gasteiger partial charge in [-0.15, -0.1) is 0 Å². The van der Waals surface area contributed by atoms with E-state index < -0.39 is 0 Å². The Morgan fingerprint density at radius 1 is 1.15 bits per heavy atom. The zero-order chi connectivity index (χ0) is 14.0. The van der Waals surface area contributed by atoms with Crippen LogP contribution in [0.25, 0.3) is 0 Å². The van der Waals surface area contributed by atoms with Gasteiger partial charge in [-0.25, -0.2) is 0 Å². The van der Waals surface area contributed by atoms with Crippen LogP contribution in [0.1, 0.15) is 57.8 Å². The molecule has 2 N–H and O–H groups in total. The van der Waals surface area contributed by atoms with Gasteiger partial charge < -0.3 is 15.5 Å². The normalized spacial score (nSPS) is 24.5. The van der Waals surface area contributed by atoms with Crippen LogP contribution < -0.4 is 10.6 Å². The number of likely N-dealkylation sites (tertiary alicyclic amines) is 1. The highest BCUT2D eigenvalue weighted by Crippen LogP contribution is 2.11. The summed E-state index contributed by atoms with van der Waals surface area (Å²) < 4.78 is 0. The summed E-state index contributed by atoms with van der Waals surface area (Å²) in [5.41, 5.74) is 0. The minimum atomic E-state index is 0.232. The molecule has 4 nitrogen and oxygen atoms in total. The molecule has 0 spiro atoms. The molecule has 0 saturated carbocycles. The van der Waals surface area contributed by atoms with Crippen LogP contribution in [-0.2, 0) is 4.79 Å². The van der Waals surface area contributed by atoms with E-state index in [0.29, 0.717) is 12.5 Å². The number of amides is 1. The largest absolute Gasteiger partial charge is 0.356 e. The second-order valence-electron chi connectivity index (χ2n) is 6.29. The van der Waals surface area contributed by atoms with Gasteiger partial charge in [0.15, 0.2) is 0 Å². The van der Waals surface area contributed by atoms with Crippen LogP contribution in [0.4, 0.5) is 0 Å². The van der Waals surface area contributed by atoms with Gasteiger partial charge in [0.2, 0.25) is 5.91 Å². The van der Waals surface area contributed by atoms with Crippen molar-refractivity contribution in [3.63, 3.8) is 0 Å². The highest BCUT2D eigenvalue weighted by Gasteiger charge is 2.14. The first-order chi connectivity index (χ1) is 9.84. The third kappa shape index (κ3) is 6.23. The first kappa shape index (κ1) is 15.8. The van der Waals surface area contributed by atoms with Crippen molar-refractivity contribution in [2.24, 2.45) is 0 Å². The predicted molar refractivity (Wildman–Crippen MR) is 82.8 cm³/mol. The van der Waals surface area contributed by atoms with Gasteiger partial charge in [-0.05, 0) is 64.7 Å². The topological polar surface area (TPSA) is 44.4 Å². The molecule has 116 valence electrons. The molecule has 2 saturated heterocycles. The number of carbonyl (C=O) groups is 1. The van der Waals surface area contributed by atoms with Gasteiger partial charge in [-0.1, -0.05) is 12.8 Å². The smallest absolute Gasteiger partial charge is 0.220 e. The molecule has 2 aliphatic heterocycles. The van der Waals surface area contributed by atoms with E-state index >= 15 is 0 Å². The second-order valence-corrected chi connectivity index (χ2v) is 6.29. The number of nitrogens with zero attached hydrogens (tertiary/aromatic N) is 1. The van der Waals surface area contributed by atoms with E-state index in [1.54, 1.807) is 0 Å². The van der Waals surface area contributed by atoms with E-state index in [-0.39, 0.29) is 5.91 Å². The van der Waals surface area contributed by atoms with Gasteiger partial charge in [-0.2, -0.15) is 0 Å². The molecule has 0 aromatic heterocycles. The summed E-state index contributed by atoms with van der Waals surface area (Å²) in [6.45, 7) is 5.61. The molecule has 20 heavy (non-hydrogen) atoms. The molecule has 0 aliphatic carbocycles. The maximum absolute atomic E-state index is 11.8. The molecule has 1 amide bonds. The summed E-state index contributed by atoms with van der Waals surface area (Å²) in [6, 6.07) is 0.572. The summed E-state index contributed by atoms with van der Waals surface area (Å²) in [6.07, 6.45) is 10.7. The Morgan fingerprint density at radius 2 is 2.00 bits per heavy atom. The lowest BCUT2D eigenvalue weighted by Crippen LogP contribution is -2.36. The monoisotopic (exact) mass is 281 g/mol. The van der Waals surface area contributed by atoms with Crippen LogP contribution in [0.15, 0.2) is 0 Å². The van der Waals surface area contributed by atoms with Crippen molar-refractivity contribution in [1.82, 2.24) is 15.5 Å². The molecule has 4 heteroatoms. The molecule has 2 heterocycles. The molecule has 1 unspecified atom stereocenters. The highest BCUT2D eigenvalue weighted by atomic mass is 16.1. The number of hydrogen-bond donors (Lipinski definition) is 2. The Bertz CT molecular complexity index is 271. The fourth-order valence-corrected chi connectivity index (χ4v) is 3.28. The van der Waals surface area contributed by atoms with Crippen LogP contribution in [0.5, 0.6) is 0 Å². The first-order valence-corrected chi connectivity index (χ1v) is 8.57. The minimum Gasteiger partial charge on any atom is -0.356 e.